The first-order valence-electron chi connectivity index (χ1n) is 6.50. The van der Waals surface area contributed by atoms with Gasteiger partial charge in [-0.1, -0.05) is 18.2 Å². The van der Waals surface area contributed by atoms with Gasteiger partial charge in [0.15, 0.2) is 0 Å². The molecule has 0 bridgehead atoms. The molecule has 21 heavy (non-hydrogen) atoms. The fraction of sp³-hybridized carbons (Fsp3) is 0.267. The van der Waals surface area contributed by atoms with Gasteiger partial charge in [-0.05, 0) is 32.9 Å². The molecule has 0 unspecified atom stereocenters. The molecule has 2 N–H and O–H groups in total. The predicted molar refractivity (Wildman–Crippen MR) is 78.6 cm³/mol. The minimum absolute atomic E-state index is 0.379. The van der Waals surface area contributed by atoms with Crippen LogP contribution in [0.4, 0.5) is 4.79 Å². The number of nitrogens with one attached hydrogen (secondary N) is 2. The standard InChI is InChI=1S/C15H17N3O3/c1-15(2,3)21-14(20)18-17-13(19)11-8-4-6-10-7-5-9-16-12(10)11/h4-9H,1-3H3,(H,17,19)(H,18,20). The Balaban J connectivity index is 2.08. The molecular weight excluding hydrogens is 270 g/mol. The molecule has 1 aromatic heterocycles. The van der Waals surface area contributed by atoms with E-state index in [-0.39, 0.29) is 0 Å². The number of ether oxygens (including phenoxy) is 1. The third-order valence-electron chi connectivity index (χ3n) is 2.55. The van der Waals surface area contributed by atoms with Crippen molar-refractivity contribution in [2.24, 2.45) is 0 Å². The Labute approximate surface area is 122 Å². The number of fused-ring (bicyclic) bond motifs is 1. The largest absolute Gasteiger partial charge is 0.443 e. The van der Waals surface area contributed by atoms with Crippen LogP contribution in [0.5, 0.6) is 0 Å². The van der Waals surface area contributed by atoms with Crippen LogP contribution in [0.15, 0.2) is 36.5 Å². The fourth-order valence-electron chi connectivity index (χ4n) is 1.77. The fourth-order valence-corrected chi connectivity index (χ4v) is 1.77. The molecule has 0 aliphatic carbocycles. The maximum absolute atomic E-state index is 12.1. The maximum atomic E-state index is 12.1. The lowest BCUT2D eigenvalue weighted by Crippen LogP contribution is -2.44. The summed E-state index contributed by atoms with van der Waals surface area (Å²) in [4.78, 5) is 27.8. The minimum atomic E-state index is -0.718. The van der Waals surface area contributed by atoms with Crippen LogP contribution < -0.4 is 10.9 Å². The minimum Gasteiger partial charge on any atom is -0.443 e. The summed E-state index contributed by atoms with van der Waals surface area (Å²) in [6.45, 7) is 5.22. The van der Waals surface area contributed by atoms with Crippen LogP contribution in [0, 0.1) is 0 Å². The predicted octanol–water partition coefficient (Wildman–Crippen LogP) is 2.40. The zero-order valence-corrected chi connectivity index (χ0v) is 12.1. The molecule has 0 fully saturated rings. The second-order valence-corrected chi connectivity index (χ2v) is 5.46. The van der Waals surface area contributed by atoms with Crippen LogP contribution in [-0.4, -0.2) is 22.6 Å². The smallest absolute Gasteiger partial charge is 0.426 e. The third-order valence-corrected chi connectivity index (χ3v) is 2.55. The summed E-state index contributed by atoms with van der Waals surface area (Å²) in [6, 6.07) is 8.91. The van der Waals surface area contributed by atoms with E-state index in [0.717, 1.165) is 5.39 Å². The van der Waals surface area contributed by atoms with Crippen molar-refractivity contribution in [3.63, 3.8) is 0 Å². The molecule has 1 aromatic carbocycles. The molecule has 0 spiro atoms. The van der Waals surface area contributed by atoms with Crippen LogP contribution in [0.25, 0.3) is 10.9 Å². The molecule has 0 radical (unpaired) electrons. The number of nitrogens with zero attached hydrogens (tertiary/aromatic N) is 1. The number of aromatic nitrogens is 1. The first-order chi connectivity index (χ1) is 9.87. The van der Waals surface area contributed by atoms with Gasteiger partial charge in [0.25, 0.3) is 5.91 Å². The molecule has 6 heteroatoms. The van der Waals surface area contributed by atoms with E-state index in [1.54, 1.807) is 45.2 Å². The van der Waals surface area contributed by atoms with E-state index in [0.29, 0.717) is 11.1 Å². The number of rotatable bonds is 1. The van der Waals surface area contributed by atoms with E-state index >= 15 is 0 Å². The van der Waals surface area contributed by atoms with E-state index in [4.69, 9.17) is 4.74 Å². The van der Waals surface area contributed by atoms with Crippen molar-refractivity contribution in [1.29, 1.82) is 0 Å². The zero-order chi connectivity index (χ0) is 15.5. The van der Waals surface area contributed by atoms with Gasteiger partial charge in [-0.15, -0.1) is 0 Å². The van der Waals surface area contributed by atoms with E-state index in [9.17, 15) is 9.59 Å². The number of carbonyl (C=O) groups is 2. The van der Waals surface area contributed by atoms with Gasteiger partial charge in [0, 0.05) is 11.6 Å². The van der Waals surface area contributed by atoms with Crippen molar-refractivity contribution in [3.8, 4) is 0 Å². The highest BCUT2D eigenvalue weighted by atomic mass is 16.6. The lowest BCUT2D eigenvalue weighted by Gasteiger charge is -2.19. The Morgan fingerprint density at radius 1 is 1.10 bits per heavy atom. The molecular formula is C15H17N3O3. The number of amides is 2. The number of carbonyl (C=O) groups excluding carboxylic acids is 2. The molecule has 2 aromatic rings. The van der Waals surface area contributed by atoms with E-state index in [2.05, 4.69) is 15.8 Å². The van der Waals surface area contributed by atoms with Crippen molar-refractivity contribution in [3.05, 3.63) is 42.1 Å². The quantitative estimate of drug-likeness (QED) is 0.789. The number of hydrogen-bond acceptors (Lipinski definition) is 4. The highest BCUT2D eigenvalue weighted by Crippen LogP contribution is 2.15. The van der Waals surface area contributed by atoms with Crippen molar-refractivity contribution >= 4 is 22.9 Å². The molecule has 110 valence electrons. The third kappa shape index (κ3) is 3.92. The topological polar surface area (TPSA) is 80.3 Å². The summed E-state index contributed by atoms with van der Waals surface area (Å²) in [5.41, 5.74) is 4.85. The second-order valence-electron chi connectivity index (χ2n) is 5.46. The number of benzene rings is 1. The SMILES string of the molecule is CC(C)(C)OC(=O)NNC(=O)c1cccc2cccnc12. The maximum Gasteiger partial charge on any atom is 0.426 e. The van der Waals surface area contributed by atoms with Gasteiger partial charge < -0.3 is 4.74 Å². The van der Waals surface area contributed by atoms with Gasteiger partial charge >= 0.3 is 6.09 Å². The van der Waals surface area contributed by atoms with Gasteiger partial charge in [-0.25, -0.2) is 10.2 Å². The normalized spacial score (nSPS) is 11.0. The monoisotopic (exact) mass is 287 g/mol. The molecule has 0 aliphatic rings. The molecule has 2 rings (SSSR count). The van der Waals surface area contributed by atoms with E-state index in [1.165, 1.54) is 0 Å². The van der Waals surface area contributed by atoms with Crippen LogP contribution >= 0.6 is 0 Å². The Morgan fingerprint density at radius 3 is 2.52 bits per heavy atom. The average Bonchev–Trinajstić information content (AvgIpc) is 2.42. The number of hydrogen-bond donors (Lipinski definition) is 2. The number of para-hydroxylation sites is 1. The van der Waals surface area contributed by atoms with Gasteiger partial charge in [-0.2, -0.15) is 0 Å². The molecule has 0 saturated carbocycles. The van der Waals surface area contributed by atoms with Gasteiger partial charge in [0.05, 0.1) is 11.1 Å². The van der Waals surface area contributed by atoms with E-state index < -0.39 is 17.6 Å². The molecule has 2 amide bonds. The van der Waals surface area contributed by atoms with E-state index in [1.807, 2.05) is 12.1 Å². The Kier molecular flexibility index (Phi) is 4.07. The summed E-state index contributed by atoms with van der Waals surface area (Å²) in [5, 5.41) is 0.849. The van der Waals surface area contributed by atoms with Gasteiger partial charge in [-0.3, -0.25) is 15.2 Å². The summed E-state index contributed by atoms with van der Waals surface area (Å²) >= 11 is 0. The van der Waals surface area contributed by atoms with Crippen LogP contribution in [0.1, 0.15) is 31.1 Å². The lowest BCUT2D eigenvalue weighted by atomic mass is 10.1. The van der Waals surface area contributed by atoms with Crippen LogP contribution in [0.3, 0.4) is 0 Å². The zero-order valence-electron chi connectivity index (χ0n) is 12.1. The summed E-state index contributed by atoms with van der Waals surface area (Å²) in [5.74, 6) is -0.454. The van der Waals surface area contributed by atoms with Crippen LogP contribution in [-0.2, 0) is 4.74 Å². The van der Waals surface area contributed by atoms with Crippen molar-refractivity contribution < 1.29 is 14.3 Å². The Morgan fingerprint density at radius 2 is 1.81 bits per heavy atom. The average molecular weight is 287 g/mol. The Bertz CT molecular complexity index is 672. The first-order valence-corrected chi connectivity index (χ1v) is 6.50. The highest BCUT2D eigenvalue weighted by Gasteiger charge is 2.17. The molecule has 1 heterocycles. The molecule has 0 saturated heterocycles. The van der Waals surface area contributed by atoms with Gasteiger partial charge in [0.1, 0.15) is 5.60 Å². The number of pyridine rings is 1. The first kappa shape index (κ1) is 14.8. The molecule has 6 nitrogen and oxygen atoms in total. The summed E-state index contributed by atoms with van der Waals surface area (Å²) < 4.78 is 5.03. The highest BCUT2D eigenvalue weighted by molar-refractivity contribution is 6.05. The Hall–Kier alpha value is -2.63. The lowest BCUT2D eigenvalue weighted by molar-refractivity contribution is 0.0483. The summed E-state index contributed by atoms with van der Waals surface area (Å²) in [6.07, 6.45) is 0.893. The van der Waals surface area contributed by atoms with Crippen molar-refractivity contribution in [2.75, 3.05) is 0 Å². The number of hydrazine groups is 1. The van der Waals surface area contributed by atoms with Crippen molar-refractivity contribution in [2.45, 2.75) is 26.4 Å². The molecule has 0 aliphatic heterocycles. The molecule has 0 atom stereocenters. The van der Waals surface area contributed by atoms with Gasteiger partial charge in [0.2, 0.25) is 0 Å². The second kappa shape index (κ2) is 5.78. The van der Waals surface area contributed by atoms with Crippen LogP contribution in [0.2, 0.25) is 0 Å². The summed E-state index contributed by atoms with van der Waals surface area (Å²) in [7, 11) is 0. The van der Waals surface area contributed by atoms with Crippen molar-refractivity contribution in [1.82, 2.24) is 15.8 Å².